The van der Waals surface area contributed by atoms with E-state index in [0.29, 0.717) is 12.2 Å². The van der Waals surface area contributed by atoms with E-state index in [4.69, 9.17) is 5.90 Å². The first-order valence-corrected chi connectivity index (χ1v) is 9.66. The van der Waals surface area contributed by atoms with Gasteiger partial charge in [0, 0.05) is 24.1 Å². The first-order chi connectivity index (χ1) is 14.7. The van der Waals surface area contributed by atoms with E-state index in [9.17, 15) is 9.59 Å². The van der Waals surface area contributed by atoms with Gasteiger partial charge in [-0.05, 0) is 11.6 Å². The summed E-state index contributed by atoms with van der Waals surface area (Å²) in [6.45, 7) is 0.765. The molecular weight excluding hydrogens is 384 g/mol. The molecule has 0 atom stereocenters. The molecule has 0 unspecified atom stereocenters. The van der Waals surface area contributed by atoms with Gasteiger partial charge < -0.3 is 15.1 Å². The molecule has 2 aromatic carbocycles. The quantitative estimate of drug-likeness (QED) is 0.536. The Morgan fingerprint density at radius 2 is 1.73 bits per heavy atom. The Bertz CT molecular complexity index is 1060. The molecular formula is C21H22N6O3. The van der Waals surface area contributed by atoms with Crippen LogP contribution in [0.4, 0.5) is 5.69 Å². The normalized spacial score (nSPS) is 12.2. The van der Waals surface area contributed by atoms with Gasteiger partial charge in [-0.2, -0.15) is 15.4 Å². The Balaban J connectivity index is 1.63. The third-order valence-electron chi connectivity index (χ3n) is 5.01. The summed E-state index contributed by atoms with van der Waals surface area (Å²) in [5.74, 6) is 4.63. The molecule has 0 fully saturated rings. The summed E-state index contributed by atoms with van der Waals surface area (Å²) in [5, 5.41) is 14.1. The number of para-hydroxylation sites is 1. The number of fused-ring (bicyclic) bond motifs is 5. The molecule has 0 saturated carbocycles. The van der Waals surface area contributed by atoms with E-state index in [0.717, 1.165) is 28.1 Å². The highest BCUT2D eigenvalue weighted by atomic mass is 16.6. The van der Waals surface area contributed by atoms with Crippen molar-refractivity contribution in [1.29, 1.82) is 0 Å². The van der Waals surface area contributed by atoms with Crippen LogP contribution in [0.5, 0.6) is 0 Å². The molecule has 0 spiro atoms. The topological polar surface area (TPSA) is 126 Å². The lowest BCUT2D eigenvalue weighted by Crippen LogP contribution is -2.35. The van der Waals surface area contributed by atoms with Crippen LogP contribution in [0.25, 0.3) is 22.5 Å². The Morgan fingerprint density at radius 1 is 1.03 bits per heavy atom. The number of carbonyl (C=O) groups is 2. The average molecular weight is 406 g/mol. The predicted octanol–water partition coefficient (Wildman–Crippen LogP) is 1.77. The molecule has 9 nitrogen and oxygen atoms in total. The summed E-state index contributed by atoms with van der Waals surface area (Å²) in [5.41, 5.74) is 4.96. The van der Waals surface area contributed by atoms with Crippen molar-refractivity contribution in [3.05, 3.63) is 54.1 Å². The summed E-state index contributed by atoms with van der Waals surface area (Å²) < 4.78 is 0. The van der Waals surface area contributed by atoms with Crippen LogP contribution >= 0.6 is 0 Å². The molecule has 4 rings (SSSR count). The van der Waals surface area contributed by atoms with Crippen molar-refractivity contribution in [3.8, 4) is 22.5 Å². The van der Waals surface area contributed by atoms with Crippen molar-refractivity contribution < 1.29 is 14.4 Å². The van der Waals surface area contributed by atoms with Gasteiger partial charge in [-0.1, -0.05) is 42.5 Å². The molecule has 2 amide bonds. The van der Waals surface area contributed by atoms with Crippen molar-refractivity contribution in [2.24, 2.45) is 5.90 Å². The fourth-order valence-corrected chi connectivity index (χ4v) is 3.57. The van der Waals surface area contributed by atoms with Crippen molar-refractivity contribution in [2.75, 3.05) is 18.1 Å². The minimum absolute atomic E-state index is 0.0976. The number of nitrogens with zero attached hydrogens (tertiary/aromatic N) is 3. The fraction of sp³-hybridized carbons (Fsp3) is 0.238. The molecule has 2 heterocycles. The van der Waals surface area contributed by atoms with Gasteiger partial charge in [0.2, 0.25) is 11.8 Å². The average Bonchev–Trinajstić information content (AvgIpc) is 3.24. The van der Waals surface area contributed by atoms with Crippen molar-refractivity contribution in [1.82, 2.24) is 20.7 Å². The van der Waals surface area contributed by atoms with Crippen LogP contribution in [0.1, 0.15) is 18.4 Å². The van der Waals surface area contributed by atoms with Gasteiger partial charge >= 0.3 is 0 Å². The van der Waals surface area contributed by atoms with Gasteiger partial charge in [0.1, 0.15) is 11.4 Å². The lowest BCUT2D eigenvalue weighted by molar-refractivity contribution is -0.122. The highest BCUT2D eigenvalue weighted by molar-refractivity contribution is 6.00. The Kier molecular flexibility index (Phi) is 5.82. The van der Waals surface area contributed by atoms with Crippen LogP contribution < -0.4 is 16.1 Å². The number of H-pyrrole nitrogens is 1. The Hall–Kier alpha value is -3.56. The first kappa shape index (κ1) is 19.7. The van der Waals surface area contributed by atoms with Gasteiger partial charge in [0.25, 0.3) is 0 Å². The van der Waals surface area contributed by atoms with E-state index in [-0.39, 0.29) is 37.8 Å². The van der Waals surface area contributed by atoms with Crippen LogP contribution in [0, 0.1) is 0 Å². The van der Waals surface area contributed by atoms with Crippen molar-refractivity contribution in [2.45, 2.75) is 19.4 Å². The number of benzene rings is 2. The van der Waals surface area contributed by atoms with Crippen LogP contribution in [0.3, 0.4) is 0 Å². The van der Waals surface area contributed by atoms with Crippen LogP contribution in [0.15, 0.2) is 48.5 Å². The SMILES string of the molecule is NOCCC(=O)NCCC(=O)N1Cc2ccccc2-c2n[nH]nc2-c2ccccc21. The third-order valence-corrected chi connectivity index (χ3v) is 5.01. The van der Waals surface area contributed by atoms with Crippen LogP contribution in [-0.4, -0.2) is 40.4 Å². The second-order valence-corrected chi connectivity index (χ2v) is 6.90. The smallest absolute Gasteiger partial charge is 0.229 e. The number of nitrogens with two attached hydrogens (primary N) is 1. The second kappa shape index (κ2) is 8.85. The van der Waals surface area contributed by atoms with Gasteiger partial charge in [0.15, 0.2) is 0 Å². The molecule has 3 aromatic rings. The maximum Gasteiger partial charge on any atom is 0.229 e. The predicted molar refractivity (Wildman–Crippen MR) is 111 cm³/mol. The number of hydrogen-bond donors (Lipinski definition) is 3. The minimum atomic E-state index is -0.209. The van der Waals surface area contributed by atoms with E-state index in [2.05, 4.69) is 25.6 Å². The number of anilines is 1. The molecule has 154 valence electrons. The molecule has 0 bridgehead atoms. The number of rotatable bonds is 6. The molecule has 0 radical (unpaired) electrons. The van der Waals surface area contributed by atoms with E-state index in [1.807, 2.05) is 48.5 Å². The van der Waals surface area contributed by atoms with Crippen LogP contribution in [-0.2, 0) is 21.0 Å². The van der Waals surface area contributed by atoms with Crippen LogP contribution in [0.2, 0.25) is 0 Å². The summed E-state index contributed by atoms with van der Waals surface area (Å²) in [7, 11) is 0. The van der Waals surface area contributed by atoms with E-state index in [1.165, 1.54) is 0 Å². The maximum absolute atomic E-state index is 13.2. The molecule has 1 aliphatic rings. The largest absolute Gasteiger partial charge is 0.356 e. The number of nitrogens with one attached hydrogen (secondary N) is 2. The molecule has 0 aliphatic carbocycles. The number of carbonyl (C=O) groups excluding carboxylic acids is 2. The number of aromatic nitrogens is 3. The fourth-order valence-electron chi connectivity index (χ4n) is 3.57. The number of aromatic amines is 1. The minimum Gasteiger partial charge on any atom is -0.356 e. The number of amides is 2. The summed E-state index contributed by atoms with van der Waals surface area (Å²) in [6, 6.07) is 15.5. The molecule has 1 aliphatic heterocycles. The highest BCUT2D eigenvalue weighted by Crippen LogP contribution is 2.39. The summed E-state index contributed by atoms with van der Waals surface area (Å²) in [6.07, 6.45) is 0.316. The third kappa shape index (κ3) is 3.93. The molecule has 4 N–H and O–H groups in total. The van der Waals surface area contributed by atoms with Gasteiger partial charge in [-0.25, -0.2) is 5.90 Å². The van der Waals surface area contributed by atoms with Crippen molar-refractivity contribution >= 4 is 17.5 Å². The second-order valence-electron chi connectivity index (χ2n) is 6.90. The maximum atomic E-state index is 13.2. The molecule has 30 heavy (non-hydrogen) atoms. The standard InChI is InChI=1S/C21H22N6O3/c22-30-12-10-18(28)23-11-9-19(29)27-13-14-5-1-2-6-15(14)20-21(25-26-24-20)16-7-3-4-8-17(16)27/h1-8H,9-13,22H2,(H,23,28)(H,24,25,26). The summed E-state index contributed by atoms with van der Waals surface area (Å²) in [4.78, 5) is 31.0. The zero-order chi connectivity index (χ0) is 20.9. The monoisotopic (exact) mass is 406 g/mol. The lowest BCUT2D eigenvalue weighted by atomic mass is 9.96. The van der Waals surface area contributed by atoms with Gasteiger partial charge in [0.05, 0.1) is 25.3 Å². The highest BCUT2D eigenvalue weighted by Gasteiger charge is 2.27. The molecule has 9 heteroatoms. The first-order valence-electron chi connectivity index (χ1n) is 9.66. The Morgan fingerprint density at radius 3 is 2.53 bits per heavy atom. The molecule has 0 saturated heterocycles. The van der Waals surface area contributed by atoms with E-state index in [1.54, 1.807) is 4.90 Å². The Labute approximate surface area is 173 Å². The van der Waals surface area contributed by atoms with Gasteiger partial charge in [-0.15, -0.1) is 0 Å². The molecule has 1 aromatic heterocycles. The zero-order valence-corrected chi connectivity index (χ0v) is 16.3. The van der Waals surface area contributed by atoms with E-state index >= 15 is 0 Å². The van der Waals surface area contributed by atoms with Gasteiger partial charge in [-0.3, -0.25) is 9.59 Å². The summed E-state index contributed by atoms with van der Waals surface area (Å²) >= 11 is 0. The van der Waals surface area contributed by atoms with Crippen molar-refractivity contribution in [3.63, 3.8) is 0 Å². The zero-order valence-electron chi connectivity index (χ0n) is 16.3. The van der Waals surface area contributed by atoms with E-state index < -0.39 is 0 Å². The number of hydrogen-bond acceptors (Lipinski definition) is 6. The lowest BCUT2D eigenvalue weighted by Gasteiger charge is -2.28.